The fraction of sp³-hybridized carbons (Fsp3) is 0.0769. The van der Waals surface area contributed by atoms with E-state index in [0.717, 1.165) is 6.07 Å². The predicted octanol–water partition coefficient (Wildman–Crippen LogP) is 3.13. The quantitative estimate of drug-likeness (QED) is 0.659. The second kappa shape index (κ2) is 5.36. The van der Waals surface area contributed by atoms with Gasteiger partial charge in [-0.2, -0.15) is 0 Å². The molecular weight excluding hydrogens is 313 g/mol. The van der Waals surface area contributed by atoms with E-state index in [-0.39, 0.29) is 11.3 Å². The maximum atomic E-state index is 13.5. The lowest BCUT2D eigenvalue weighted by molar-refractivity contribution is 0.102. The monoisotopic (exact) mass is 323 g/mol. The van der Waals surface area contributed by atoms with Crippen LogP contribution in [0.15, 0.2) is 35.1 Å². The first-order chi connectivity index (χ1) is 8.97. The number of nitrogens with one attached hydrogen (secondary N) is 1. The number of amides is 1. The van der Waals surface area contributed by atoms with Crippen LogP contribution in [0.25, 0.3) is 0 Å². The highest BCUT2D eigenvalue weighted by atomic mass is 79.9. The number of hydrogen-bond donors (Lipinski definition) is 2. The SMILES string of the molecule is Cc1c(N)cc(C(=O)Nc2ccc(Br)nc2)cc1F. The fourth-order valence-electron chi connectivity index (χ4n) is 1.48. The van der Waals surface area contributed by atoms with Crippen LogP contribution in [-0.2, 0) is 0 Å². The molecule has 0 aliphatic carbocycles. The van der Waals surface area contributed by atoms with Gasteiger partial charge in [0.15, 0.2) is 0 Å². The summed E-state index contributed by atoms with van der Waals surface area (Å²) in [7, 11) is 0. The first-order valence-corrected chi connectivity index (χ1v) is 6.25. The summed E-state index contributed by atoms with van der Waals surface area (Å²) >= 11 is 3.19. The van der Waals surface area contributed by atoms with Crippen molar-refractivity contribution in [3.05, 3.63) is 52.0 Å². The summed E-state index contributed by atoms with van der Waals surface area (Å²) in [6, 6.07) is 5.98. The Morgan fingerprint density at radius 1 is 1.42 bits per heavy atom. The first kappa shape index (κ1) is 13.5. The second-order valence-electron chi connectivity index (χ2n) is 4.00. The summed E-state index contributed by atoms with van der Waals surface area (Å²) in [6.45, 7) is 1.56. The van der Waals surface area contributed by atoms with E-state index in [4.69, 9.17) is 5.73 Å². The molecule has 0 bridgehead atoms. The van der Waals surface area contributed by atoms with Gasteiger partial charge in [0, 0.05) is 16.8 Å². The van der Waals surface area contributed by atoms with Gasteiger partial charge < -0.3 is 11.1 Å². The number of pyridine rings is 1. The number of nitrogens with zero attached hydrogens (tertiary/aromatic N) is 1. The van der Waals surface area contributed by atoms with Crippen LogP contribution in [0.3, 0.4) is 0 Å². The predicted molar refractivity (Wildman–Crippen MR) is 75.4 cm³/mol. The number of anilines is 2. The number of rotatable bonds is 2. The minimum Gasteiger partial charge on any atom is -0.398 e. The van der Waals surface area contributed by atoms with E-state index in [1.54, 1.807) is 19.1 Å². The highest BCUT2D eigenvalue weighted by Gasteiger charge is 2.11. The summed E-state index contributed by atoms with van der Waals surface area (Å²) in [5, 5.41) is 2.61. The molecule has 0 radical (unpaired) electrons. The molecule has 1 aromatic carbocycles. The Morgan fingerprint density at radius 2 is 2.16 bits per heavy atom. The lowest BCUT2D eigenvalue weighted by Crippen LogP contribution is -2.13. The van der Waals surface area contributed by atoms with Crippen molar-refractivity contribution in [2.45, 2.75) is 6.92 Å². The Morgan fingerprint density at radius 3 is 2.74 bits per heavy atom. The van der Waals surface area contributed by atoms with Gasteiger partial charge in [0.2, 0.25) is 0 Å². The normalized spacial score (nSPS) is 10.3. The molecule has 3 N–H and O–H groups in total. The minimum absolute atomic E-state index is 0.170. The Balaban J connectivity index is 2.23. The van der Waals surface area contributed by atoms with Crippen LogP contribution in [-0.4, -0.2) is 10.9 Å². The van der Waals surface area contributed by atoms with E-state index in [1.165, 1.54) is 12.3 Å². The zero-order valence-electron chi connectivity index (χ0n) is 10.1. The zero-order chi connectivity index (χ0) is 14.0. The van der Waals surface area contributed by atoms with Crippen LogP contribution < -0.4 is 11.1 Å². The molecule has 1 heterocycles. The van der Waals surface area contributed by atoms with Gasteiger partial charge in [0.1, 0.15) is 10.4 Å². The van der Waals surface area contributed by atoms with Crippen molar-refractivity contribution in [1.29, 1.82) is 0 Å². The molecule has 98 valence electrons. The number of nitrogen functional groups attached to an aromatic ring is 1. The molecule has 0 unspecified atom stereocenters. The molecule has 0 aliphatic rings. The summed E-state index contributed by atoms with van der Waals surface area (Å²) in [6.07, 6.45) is 1.50. The molecule has 0 spiro atoms. The van der Waals surface area contributed by atoms with Crippen LogP contribution >= 0.6 is 15.9 Å². The topological polar surface area (TPSA) is 68.0 Å². The maximum Gasteiger partial charge on any atom is 0.255 e. The fourth-order valence-corrected chi connectivity index (χ4v) is 1.72. The lowest BCUT2D eigenvalue weighted by atomic mass is 10.1. The summed E-state index contributed by atoms with van der Waals surface area (Å²) in [5.74, 6) is -0.936. The van der Waals surface area contributed by atoms with Gasteiger partial charge in [-0.15, -0.1) is 0 Å². The third kappa shape index (κ3) is 3.08. The minimum atomic E-state index is -0.501. The highest BCUT2D eigenvalue weighted by Crippen LogP contribution is 2.19. The first-order valence-electron chi connectivity index (χ1n) is 5.46. The number of halogens is 2. The number of carbonyl (C=O) groups is 1. The van der Waals surface area contributed by atoms with E-state index in [2.05, 4.69) is 26.2 Å². The Kier molecular flexibility index (Phi) is 3.80. The van der Waals surface area contributed by atoms with Crippen molar-refractivity contribution in [3.63, 3.8) is 0 Å². The molecule has 4 nitrogen and oxygen atoms in total. The van der Waals surface area contributed by atoms with Crippen LogP contribution in [0.4, 0.5) is 15.8 Å². The molecule has 6 heteroatoms. The number of nitrogens with two attached hydrogens (primary N) is 1. The number of hydrogen-bond acceptors (Lipinski definition) is 3. The Labute approximate surface area is 118 Å². The van der Waals surface area contributed by atoms with E-state index in [1.807, 2.05) is 0 Å². The lowest BCUT2D eigenvalue weighted by Gasteiger charge is -2.08. The standard InChI is InChI=1S/C13H11BrFN3O/c1-7-10(15)4-8(5-11(7)16)13(19)18-9-2-3-12(14)17-6-9/h2-6H,16H2,1H3,(H,18,19). The van der Waals surface area contributed by atoms with Crippen molar-refractivity contribution < 1.29 is 9.18 Å². The van der Waals surface area contributed by atoms with E-state index in [9.17, 15) is 9.18 Å². The molecule has 0 aliphatic heterocycles. The number of carbonyl (C=O) groups excluding carboxylic acids is 1. The van der Waals surface area contributed by atoms with Crippen molar-refractivity contribution in [1.82, 2.24) is 4.98 Å². The number of aromatic nitrogens is 1. The molecule has 0 saturated carbocycles. The van der Waals surface area contributed by atoms with Gasteiger partial charge in [0.25, 0.3) is 5.91 Å². The highest BCUT2D eigenvalue weighted by molar-refractivity contribution is 9.10. The number of benzene rings is 1. The second-order valence-corrected chi connectivity index (χ2v) is 4.81. The molecule has 0 fully saturated rings. The summed E-state index contributed by atoms with van der Waals surface area (Å²) in [5.41, 5.74) is 6.91. The van der Waals surface area contributed by atoms with E-state index >= 15 is 0 Å². The maximum absolute atomic E-state index is 13.5. The molecule has 1 amide bonds. The average molecular weight is 324 g/mol. The van der Waals surface area contributed by atoms with Gasteiger partial charge in [-0.1, -0.05) is 0 Å². The third-order valence-corrected chi connectivity index (χ3v) is 3.10. The molecule has 0 atom stereocenters. The molecular formula is C13H11BrFN3O. The molecule has 2 aromatic rings. The average Bonchev–Trinajstić information content (AvgIpc) is 2.38. The summed E-state index contributed by atoms with van der Waals surface area (Å²) in [4.78, 5) is 15.9. The summed E-state index contributed by atoms with van der Waals surface area (Å²) < 4.78 is 14.2. The van der Waals surface area contributed by atoms with Crippen LogP contribution in [0.2, 0.25) is 0 Å². The van der Waals surface area contributed by atoms with Crippen molar-refractivity contribution in [2.75, 3.05) is 11.1 Å². The third-order valence-electron chi connectivity index (χ3n) is 2.63. The van der Waals surface area contributed by atoms with Gasteiger partial charge >= 0.3 is 0 Å². The Bertz CT molecular complexity index is 605. The van der Waals surface area contributed by atoms with Gasteiger partial charge in [-0.05, 0) is 47.1 Å². The molecule has 0 saturated heterocycles. The largest absolute Gasteiger partial charge is 0.398 e. The zero-order valence-corrected chi connectivity index (χ0v) is 11.7. The molecule has 2 rings (SSSR count). The van der Waals surface area contributed by atoms with Gasteiger partial charge in [0.05, 0.1) is 11.9 Å². The van der Waals surface area contributed by atoms with E-state index < -0.39 is 11.7 Å². The van der Waals surface area contributed by atoms with Crippen LogP contribution in [0.5, 0.6) is 0 Å². The molecule has 1 aromatic heterocycles. The Hall–Kier alpha value is -1.95. The van der Waals surface area contributed by atoms with Crippen molar-refractivity contribution in [2.24, 2.45) is 0 Å². The molecule has 19 heavy (non-hydrogen) atoms. The van der Waals surface area contributed by atoms with Gasteiger partial charge in [-0.3, -0.25) is 4.79 Å². The van der Waals surface area contributed by atoms with Crippen molar-refractivity contribution in [3.8, 4) is 0 Å². The van der Waals surface area contributed by atoms with Crippen molar-refractivity contribution >= 4 is 33.2 Å². The smallest absolute Gasteiger partial charge is 0.255 e. The van der Waals surface area contributed by atoms with Crippen LogP contribution in [0.1, 0.15) is 15.9 Å². The van der Waals surface area contributed by atoms with Crippen LogP contribution in [0, 0.1) is 12.7 Å². The van der Waals surface area contributed by atoms with E-state index in [0.29, 0.717) is 15.9 Å². The van der Waals surface area contributed by atoms with Gasteiger partial charge in [-0.25, -0.2) is 9.37 Å².